The highest BCUT2D eigenvalue weighted by atomic mass is 16.6. The molecule has 4 rings (SSSR count). The average molecular weight is 435 g/mol. The van der Waals surface area contributed by atoms with E-state index < -0.39 is 0 Å². The molecular weight excluding hydrogens is 404 g/mol. The summed E-state index contributed by atoms with van der Waals surface area (Å²) < 4.78 is 0. The van der Waals surface area contributed by atoms with Crippen LogP contribution >= 0.6 is 0 Å². The zero-order valence-corrected chi connectivity index (χ0v) is 18.5. The van der Waals surface area contributed by atoms with Crippen molar-refractivity contribution in [2.24, 2.45) is 0 Å². The van der Waals surface area contributed by atoms with Gasteiger partial charge in [-0.15, -0.1) is 0 Å². The first-order valence-corrected chi connectivity index (χ1v) is 11.4. The summed E-state index contributed by atoms with van der Waals surface area (Å²) in [5.74, 6) is 0.601. The number of hydrogen-bond donors (Lipinski definition) is 2. The fourth-order valence-electron chi connectivity index (χ4n) is 4.35. The van der Waals surface area contributed by atoms with Gasteiger partial charge in [0.1, 0.15) is 17.8 Å². The molecule has 0 spiro atoms. The largest absolute Gasteiger partial charge is 0.380 e. The van der Waals surface area contributed by atoms with Crippen molar-refractivity contribution < 1.29 is 4.92 Å². The smallest absolute Gasteiger partial charge is 0.293 e. The van der Waals surface area contributed by atoms with Gasteiger partial charge in [-0.3, -0.25) is 10.1 Å². The third kappa shape index (κ3) is 4.90. The predicted octanol–water partition coefficient (Wildman–Crippen LogP) is 5.35. The lowest BCUT2D eigenvalue weighted by molar-refractivity contribution is -0.383. The molecule has 1 aliphatic heterocycles. The third-order valence-electron chi connectivity index (χ3n) is 5.95. The van der Waals surface area contributed by atoms with Gasteiger partial charge in [0.15, 0.2) is 0 Å². The van der Waals surface area contributed by atoms with Gasteiger partial charge in [-0.1, -0.05) is 37.5 Å². The molecule has 0 aliphatic carbocycles. The molecule has 2 N–H and O–H groups in total. The second-order valence-electron chi connectivity index (χ2n) is 8.13. The zero-order valence-electron chi connectivity index (χ0n) is 18.5. The number of nitrogens with zero attached hydrogens (tertiary/aromatic N) is 4. The van der Waals surface area contributed by atoms with E-state index in [1.165, 1.54) is 49.7 Å². The number of nitro benzene ring substituents is 1. The quantitative estimate of drug-likeness (QED) is 0.382. The number of benzene rings is 2. The predicted molar refractivity (Wildman–Crippen MR) is 129 cm³/mol. The fourth-order valence-corrected chi connectivity index (χ4v) is 4.35. The average Bonchev–Trinajstić information content (AvgIpc) is 2.77. The van der Waals surface area contributed by atoms with Crippen LogP contribution in [0.1, 0.15) is 44.6 Å². The van der Waals surface area contributed by atoms with Crippen molar-refractivity contribution in [1.82, 2.24) is 9.97 Å². The Morgan fingerprint density at radius 1 is 1.03 bits per heavy atom. The molecular formula is C24H30N6O2. The fraction of sp³-hybridized carbons (Fsp3) is 0.417. The Bertz CT molecular complexity index is 1080. The highest BCUT2D eigenvalue weighted by Crippen LogP contribution is 2.32. The summed E-state index contributed by atoms with van der Waals surface area (Å²) in [6.07, 6.45) is 7.84. The van der Waals surface area contributed by atoms with Gasteiger partial charge in [0, 0.05) is 43.3 Å². The molecule has 8 heteroatoms. The molecule has 1 aliphatic rings. The summed E-state index contributed by atoms with van der Waals surface area (Å²) in [6, 6.07) is 11.7. The molecule has 168 valence electrons. The summed E-state index contributed by atoms with van der Waals surface area (Å²) in [5, 5.41) is 18.7. The van der Waals surface area contributed by atoms with Crippen molar-refractivity contribution in [3.63, 3.8) is 0 Å². The third-order valence-corrected chi connectivity index (χ3v) is 5.95. The maximum atomic E-state index is 11.6. The van der Waals surface area contributed by atoms with Gasteiger partial charge in [-0.05, 0) is 37.5 Å². The number of rotatable bonds is 7. The Morgan fingerprint density at radius 2 is 1.78 bits per heavy atom. The Kier molecular flexibility index (Phi) is 6.99. The number of nitrogens with one attached hydrogen (secondary N) is 2. The van der Waals surface area contributed by atoms with Crippen molar-refractivity contribution in [1.29, 1.82) is 0 Å². The minimum Gasteiger partial charge on any atom is -0.380 e. The first kappa shape index (κ1) is 21.8. The monoisotopic (exact) mass is 434 g/mol. The zero-order chi connectivity index (χ0) is 22.3. The topological polar surface area (TPSA) is 96.2 Å². The van der Waals surface area contributed by atoms with E-state index in [4.69, 9.17) is 0 Å². The molecule has 1 aromatic heterocycles. The molecule has 2 aromatic carbocycles. The van der Waals surface area contributed by atoms with Gasteiger partial charge in [0.05, 0.1) is 10.4 Å². The molecule has 0 saturated carbocycles. The van der Waals surface area contributed by atoms with Gasteiger partial charge < -0.3 is 15.5 Å². The van der Waals surface area contributed by atoms with Crippen LogP contribution in [0.5, 0.6) is 0 Å². The van der Waals surface area contributed by atoms with Crippen LogP contribution in [-0.4, -0.2) is 34.5 Å². The van der Waals surface area contributed by atoms with Crippen LogP contribution < -0.4 is 15.5 Å². The number of hydrogen-bond acceptors (Lipinski definition) is 7. The standard InChI is InChI=1S/C24H30N6O2/c1-2-25-21-15-20-19(14-23(21)30(31)32)24(28-17-27-20)26-16-18-10-6-7-11-22(18)29-12-8-4-3-5-9-13-29/h6-7,10-11,14-15,17,25H,2-5,8-9,12-13,16H2,1H3,(H,26,27,28). The van der Waals surface area contributed by atoms with E-state index in [0.29, 0.717) is 35.5 Å². The number of aromatic nitrogens is 2. The molecule has 3 aromatic rings. The van der Waals surface area contributed by atoms with E-state index in [9.17, 15) is 10.1 Å². The lowest BCUT2D eigenvalue weighted by atomic mass is 10.1. The summed E-state index contributed by atoms with van der Waals surface area (Å²) in [4.78, 5) is 22.4. The summed E-state index contributed by atoms with van der Waals surface area (Å²) in [7, 11) is 0. The van der Waals surface area contributed by atoms with Crippen LogP contribution in [-0.2, 0) is 6.54 Å². The lowest BCUT2D eigenvalue weighted by Gasteiger charge is -2.29. The highest BCUT2D eigenvalue weighted by Gasteiger charge is 2.18. The molecule has 1 fully saturated rings. The highest BCUT2D eigenvalue weighted by molar-refractivity contribution is 5.94. The van der Waals surface area contributed by atoms with Crippen molar-refractivity contribution in [2.45, 2.75) is 45.6 Å². The van der Waals surface area contributed by atoms with E-state index in [0.717, 1.165) is 13.1 Å². The Morgan fingerprint density at radius 3 is 2.53 bits per heavy atom. The molecule has 8 nitrogen and oxygen atoms in total. The summed E-state index contributed by atoms with van der Waals surface area (Å²) in [5.41, 5.74) is 3.61. The van der Waals surface area contributed by atoms with Gasteiger partial charge >= 0.3 is 0 Å². The van der Waals surface area contributed by atoms with E-state index in [1.807, 2.05) is 6.92 Å². The summed E-state index contributed by atoms with van der Waals surface area (Å²) >= 11 is 0. The first-order chi connectivity index (χ1) is 15.7. The first-order valence-electron chi connectivity index (χ1n) is 11.4. The molecule has 0 atom stereocenters. The van der Waals surface area contributed by atoms with Crippen molar-refractivity contribution in [3.05, 3.63) is 58.4 Å². The minimum absolute atomic E-state index is 0.0261. The second kappa shape index (κ2) is 10.3. The van der Waals surface area contributed by atoms with Crippen molar-refractivity contribution >= 4 is 33.8 Å². The van der Waals surface area contributed by atoms with E-state index in [1.54, 1.807) is 12.1 Å². The molecule has 32 heavy (non-hydrogen) atoms. The van der Waals surface area contributed by atoms with E-state index in [-0.39, 0.29) is 10.6 Å². The molecule has 0 bridgehead atoms. The number of nitro groups is 1. The Hall–Kier alpha value is -3.42. The number of para-hydroxylation sites is 1. The maximum absolute atomic E-state index is 11.6. The minimum atomic E-state index is -0.370. The molecule has 2 heterocycles. The van der Waals surface area contributed by atoms with Crippen LogP contribution in [0.25, 0.3) is 10.9 Å². The van der Waals surface area contributed by atoms with Gasteiger partial charge in [0.2, 0.25) is 0 Å². The van der Waals surface area contributed by atoms with Crippen molar-refractivity contribution in [2.75, 3.05) is 35.2 Å². The lowest BCUT2D eigenvalue weighted by Crippen LogP contribution is -2.28. The molecule has 0 amide bonds. The number of fused-ring (bicyclic) bond motifs is 1. The molecule has 0 unspecified atom stereocenters. The van der Waals surface area contributed by atoms with Crippen LogP contribution in [0.15, 0.2) is 42.7 Å². The molecule has 0 radical (unpaired) electrons. The van der Waals surface area contributed by atoms with Crippen LogP contribution in [0.4, 0.5) is 22.9 Å². The van der Waals surface area contributed by atoms with E-state index in [2.05, 4.69) is 49.8 Å². The van der Waals surface area contributed by atoms with Crippen LogP contribution in [0.3, 0.4) is 0 Å². The molecule has 1 saturated heterocycles. The maximum Gasteiger partial charge on any atom is 0.293 e. The number of anilines is 3. The van der Waals surface area contributed by atoms with Crippen molar-refractivity contribution in [3.8, 4) is 0 Å². The van der Waals surface area contributed by atoms with Gasteiger partial charge in [-0.2, -0.15) is 0 Å². The van der Waals surface area contributed by atoms with Crippen LogP contribution in [0.2, 0.25) is 0 Å². The van der Waals surface area contributed by atoms with Gasteiger partial charge in [-0.25, -0.2) is 9.97 Å². The van der Waals surface area contributed by atoms with E-state index >= 15 is 0 Å². The second-order valence-corrected chi connectivity index (χ2v) is 8.13. The van der Waals surface area contributed by atoms with Gasteiger partial charge in [0.25, 0.3) is 5.69 Å². The van der Waals surface area contributed by atoms with Crippen LogP contribution in [0, 0.1) is 10.1 Å². The summed E-state index contributed by atoms with van der Waals surface area (Å²) in [6.45, 7) is 5.24. The Labute approximate surface area is 188 Å². The normalized spacial score (nSPS) is 14.6. The Balaban J connectivity index is 1.61. The SMILES string of the molecule is CCNc1cc2ncnc(NCc3ccccc3N3CCCCCCC3)c2cc1[N+](=O)[O-].